The van der Waals surface area contributed by atoms with Crippen molar-refractivity contribution >= 4 is 34.5 Å². The minimum atomic E-state index is -0.353. The molecule has 0 radical (unpaired) electrons. The van der Waals surface area contributed by atoms with E-state index < -0.39 is 0 Å². The van der Waals surface area contributed by atoms with E-state index in [0.29, 0.717) is 28.0 Å². The van der Waals surface area contributed by atoms with Gasteiger partial charge in [0.1, 0.15) is 10.8 Å². The molecule has 19 heavy (non-hydrogen) atoms. The predicted molar refractivity (Wildman–Crippen MR) is 70.8 cm³/mol. The summed E-state index contributed by atoms with van der Waals surface area (Å²) in [6, 6.07) is 4.51. The van der Waals surface area contributed by atoms with Crippen molar-refractivity contribution in [3.63, 3.8) is 0 Å². The van der Waals surface area contributed by atoms with E-state index in [1.54, 1.807) is 11.0 Å². The van der Waals surface area contributed by atoms with Gasteiger partial charge in [0.2, 0.25) is 10.4 Å². The minimum absolute atomic E-state index is 0.0376. The van der Waals surface area contributed by atoms with Crippen LogP contribution in [0.1, 0.15) is 17.0 Å². The first-order valence-electron chi connectivity index (χ1n) is 5.70. The minimum Gasteiger partial charge on any atom is -0.305 e. The van der Waals surface area contributed by atoms with Crippen LogP contribution in [0, 0.1) is 5.82 Å². The second-order valence-electron chi connectivity index (χ2n) is 4.20. The number of anilines is 1. The highest BCUT2D eigenvalue weighted by molar-refractivity contribution is 7.15. The molecule has 7 heteroatoms. The molecule has 98 valence electrons. The number of rotatable bonds is 2. The summed E-state index contributed by atoms with van der Waals surface area (Å²) in [6.45, 7) is 0.277. The molecule has 0 aliphatic carbocycles. The van der Waals surface area contributed by atoms with E-state index in [1.165, 1.54) is 23.5 Å². The summed E-state index contributed by atoms with van der Waals surface area (Å²) in [5.41, 5.74) is 1.58. The third-order valence-corrected chi connectivity index (χ3v) is 3.99. The van der Waals surface area contributed by atoms with Crippen molar-refractivity contribution in [3.8, 4) is 0 Å². The highest BCUT2D eigenvalue weighted by Crippen LogP contribution is 2.30. The second kappa shape index (κ2) is 4.86. The molecule has 1 aliphatic heterocycles. The summed E-state index contributed by atoms with van der Waals surface area (Å²) >= 11 is 6.94. The number of benzene rings is 1. The third-order valence-electron chi connectivity index (χ3n) is 2.98. The first-order valence-corrected chi connectivity index (χ1v) is 6.89. The van der Waals surface area contributed by atoms with E-state index in [1.807, 2.05) is 0 Å². The molecule has 0 fully saturated rings. The first kappa shape index (κ1) is 12.5. The molecule has 1 aliphatic rings. The van der Waals surface area contributed by atoms with Gasteiger partial charge >= 0.3 is 0 Å². The molecule has 3 rings (SSSR count). The van der Waals surface area contributed by atoms with Crippen molar-refractivity contribution in [1.29, 1.82) is 0 Å². The van der Waals surface area contributed by atoms with Gasteiger partial charge < -0.3 is 4.90 Å². The summed E-state index contributed by atoms with van der Waals surface area (Å²) in [5, 5.41) is 8.23. The van der Waals surface area contributed by atoms with Crippen molar-refractivity contribution in [3.05, 3.63) is 39.1 Å². The van der Waals surface area contributed by atoms with E-state index in [4.69, 9.17) is 11.6 Å². The fourth-order valence-electron chi connectivity index (χ4n) is 2.12. The van der Waals surface area contributed by atoms with Crippen molar-refractivity contribution in [2.75, 3.05) is 4.90 Å². The second-order valence-corrected chi connectivity index (χ2v) is 5.85. The van der Waals surface area contributed by atoms with Gasteiger partial charge in [-0.25, -0.2) is 4.39 Å². The number of halogens is 2. The van der Waals surface area contributed by atoms with Crippen LogP contribution < -0.4 is 4.90 Å². The molecule has 0 N–H and O–H groups in total. The summed E-state index contributed by atoms with van der Waals surface area (Å²) in [7, 11) is 0. The fraction of sp³-hybridized carbons (Fsp3) is 0.250. The molecule has 0 saturated heterocycles. The molecule has 0 atom stereocenters. The van der Waals surface area contributed by atoms with Crippen LogP contribution in [-0.4, -0.2) is 16.1 Å². The highest BCUT2D eigenvalue weighted by atomic mass is 35.5. The lowest BCUT2D eigenvalue weighted by atomic mass is 10.0. The Kier molecular flexibility index (Phi) is 3.20. The number of carbonyl (C=O) groups is 1. The number of nitrogens with zero attached hydrogens (tertiary/aromatic N) is 3. The monoisotopic (exact) mass is 297 g/mol. The molecule has 0 unspecified atom stereocenters. The van der Waals surface area contributed by atoms with Crippen molar-refractivity contribution < 1.29 is 9.18 Å². The zero-order valence-electron chi connectivity index (χ0n) is 9.77. The Balaban J connectivity index is 1.96. The van der Waals surface area contributed by atoms with Gasteiger partial charge in [-0.1, -0.05) is 17.4 Å². The molecule has 0 saturated carbocycles. The van der Waals surface area contributed by atoms with Gasteiger partial charge in [-0.15, -0.1) is 10.2 Å². The fourth-order valence-corrected chi connectivity index (χ4v) is 2.97. The maximum absolute atomic E-state index is 13.4. The van der Waals surface area contributed by atoms with E-state index in [9.17, 15) is 9.18 Å². The van der Waals surface area contributed by atoms with Crippen LogP contribution in [0.3, 0.4) is 0 Å². The standard InChI is InChI=1S/C12H9ClFN3OS/c13-12-16-15-10(19-12)6-17-9-5-8(14)3-1-7(9)2-4-11(17)18/h1,3,5H,2,4,6H2. The maximum Gasteiger partial charge on any atom is 0.227 e. The Morgan fingerprint density at radius 3 is 2.95 bits per heavy atom. The van der Waals surface area contributed by atoms with Gasteiger partial charge in [0.05, 0.1) is 12.2 Å². The lowest BCUT2D eigenvalue weighted by molar-refractivity contribution is -0.119. The smallest absolute Gasteiger partial charge is 0.227 e. The van der Waals surface area contributed by atoms with Crippen LogP contribution in [0.15, 0.2) is 18.2 Å². The predicted octanol–water partition coefficient (Wildman–Crippen LogP) is 2.81. The molecular formula is C12H9ClFN3OS. The van der Waals surface area contributed by atoms with Crippen LogP contribution in [0.4, 0.5) is 10.1 Å². The molecular weight excluding hydrogens is 289 g/mol. The third kappa shape index (κ3) is 2.46. The van der Waals surface area contributed by atoms with E-state index in [0.717, 1.165) is 5.56 Å². The summed E-state index contributed by atoms with van der Waals surface area (Å²) in [6.07, 6.45) is 1.06. The number of hydrogen-bond acceptors (Lipinski definition) is 4. The lowest BCUT2D eigenvalue weighted by Gasteiger charge is -2.28. The van der Waals surface area contributed by atoms with Crippen molar-refractivity contribution in [1.82, 2.24) is 10.2 Å². The first-order chi connectivity index (χ1) is 9.13. The Hall–Kier alpha value is -1.53. The highest BCUT2D eigenvalue weighted by Gasteiger charge is 2.25. The molecule has 0 bridgehead atoms. The lowest BCUT2D eigenvalue weighted by Crippen LogP contribution is -2.34. The summed E-state index contributed by atoms with van der Waals surface area (Å²) < 4.78 is 13.7. The topological polar surface area (TPSA) is 46.1 Å². The van der Waals surface area contributed by atoms with Gasteiger partial charge in [-0.05, 0) is 35.7 Å². The number of hydrogen-bond donors (Lipinski definition) is 0. The Bertz CT molecular complexity index is 646. The average Bonchev–Trinajstić information content (AvgIpc) is 2.79. The number of fused-ring (bicyclic) bond motifs is 1. The molecule has 0 spiro atoms. The van der Waals surface area contributed by atoms with Crippen molar-refractivity contribution in [2.24, 2.45) is 0 Å². The van der Waals surface area contributed by atoms with Gasteiger partial charge in [0.25, 0.3) is 0 Å². The van der Waals surface area contributed by atoms with Gasteiger partial charge in [0.15, 0.2) is 0 Å². The van der Waals surface area contributed by atoms with E-state index in [2.05, 4.69) is 10.2 Å². The molecule has 4 nitrogen and oxygen atoms in total. The zero-order valence-corrected chi connectivity index (χ0v) is 11.3. The van der Waals surface area contributed by atoms with Crippen LogP contribution in [0.25, 0.3) is 0 Å². The molecule has 1 aromatic carbocycles. The van der Waals surface area contributed by atoms with Crippen LogP contribution in [-0.2, 0) is 17.8 Å². The van der Waals surface area contributed by atoms with Crippen LogP contribution in [0.2, 0.25) is 4.47 Å². The normalized spacial score (nSPS) is 14.6. The number of amides is 1. The number of aryl methyl sites for hydroxylation is 1. The van der Waals surface area contributed by atoms with Crippen molar-refractivity contribution in [2.45, 2.75) is 19.4 Å². The maximum atomic E-state index is 13.4. The SMILES string of the molecule is O=C1CCc2ccc(F)cc2N1Cc1nnc(Cl)s1. The average molecular weight is 298 g/mol. The molecule has 2 aromatic rings. The molecule has 1 amide bonds. The Labute approximate surface area is 117 Å². The Morgan fingerprint density at radius 2 is 2.21 bits per heavy atom. The zero-order chi connectivity index (χ0) is 13.4. The quantitative estimate of drug-likeness (QED) is 0.856. The van der Waals surface area contributed by atoms with Crippen LogP contribution in [0.5, 0.6) is 0 Å². The number of carbonyl (C=O) groups excluding carboxylic acids is 1. The van der Waals surface area contributed by atoms with Crippen LogP contribution >= 0.6 is 22.9 Å². The van der Waals surface area contributed by atoms with Gasteiger partial charge in [-0.2, -0.15) is 0 Å². The summed E-state index contributed by atoms with van der Waals surface area (Å²) in [4.78, 5) is 13.5. The Morgan fingerprint density at radius 1 is 1.37 bits per heavy atom. The largest absolute Gasteiger partial charge is 0.305 e. The molecule has 2 heterocycles. The van der Waals surface area contributed by atoms with E-state index >= 15 is 0 Å². The summed E-state index contributed by atoms with van der Waals surface area (Å²) in [5.74, 6) is -0.391. The number of aromatic nitrogens is 2. The van der Waals surface area contributed by atoms with Gasteiger partial charge in [0, 0.05) is 6.42 Å². The van der Waals surface area contributed by atoms with Gasteiger partial charge in [-0.3, -0.25) is 4.79 Å². The molecule has 1 aromatic heterocycles. The van der Waals surface area contributed by atoms with E-state index in [-0.39, 0.29) is 18.3 Å².